The minimum atomic E-state index is -3.06. The van der Waals surface area contributed by atoms with Gasteiger partial charge in [0.2, 0.25) is 5.91 Å². The molecule has 258 valence electrons. The number of halogens is 4. The van der Waals surface area contributed by atoms with Gasteiger partial charge in [0.25, 0.3) is 0 Å². The molecule has 0 unspecified atom stereocenters. The second-order valence-electron chi connectivity index (χ2n) is 12.1. The van der Waals surface area contributed by atoms with Gasteiger partial charge in [0.05, 0.1) is 41.6 Å². The number of nitrogens with zero attached hydrogens (tertiary/aromatic N) is 2. The van der Waals surface area contributed by atoms with E-state index in [0.29, 0.717) is 41.6 Å². The lowest BCUT2D eigenvalue weighted by Crippen LogP contribution is -2.55. The van der Waals surface area contributed by atoms with E-state index in [0.717, 1.165) is 19.4 Å². The average Bonchev–Trinajstić information content (AvgIpc) is 3.88. The van der Waals surface area contributed by atoms with Crippen molar-refractivity contribution in [3.05, 3.63) is 75.5 Å². The molecule has 1 aliphatic carbocycles. The molecule has 1 amide bonds. The first kappa shape index (κ1) is 35.6. The second-order valence-corrected chi connectivity index (χ2v) is 12.9. The number of methoxy groups -OCH3 is 1. The maximum Gasteiger partial charge on any atom is 0.387 e. The van der Waals surface area contributed by atoms with E-state index in [9.17, 15) is 18.4 Å². The fraction of sp³-hybridized carbons (Fsp3) is 0.441. The summed E-state index contributed by atoms with van der Waals surface area (Å²) in [6.07, 6.45) is 3.86. The normalized spacial score (nSPS) is 18.7. The minimum absolute atomic E-state index is 0.0318. The molecule has 10 nitrogen and oxygen atoms in total. The monoisotopic (exact) mass is 706 g/mol. The van der Waals surface area contributed by atoms with Crippen molar-refractivity contribution in [1.29, 1.82) is 0 Å². The molecule has 1 aliphatic heterocycles. The molecule has 3 atom stereocenters. The van der Waals surface area contributed by atoms with Crippen molar-refractivity contribution in [2.75, 3.05) is 38.7 Å². The Morgan fingerprint density at radius 1 is 1.06 bits per heavy atom. The molecule has 2 heterocycles. The average molecular weight is 708 g/mol. The summed E-state index contributed by atoms with van der Waals surface area (Å²) in [5.74, 6) is -0.331. The maximum atomic E-state index is 13.7. The van der Waals surface area contributed by atoms with E-state index in [2.05, 4.69) is 27.4 Å². The molecule has 1 aromatic heterocycles. The maximum absolute atomic E-state index is 13.7. The summed E-state index contributed by atoms with van der Waals surface area (Å²) in [7, 11) is 1.46. The van der Waals surface area contributed by atoms with Gasteiger partial charge in [-0.3, -0.25) is 14.7 Å². The SMILES string of the molecule is COc1ccc(C(=O)O[C@@H](Cc2c(Cl)cncc2Cl)c2ccc(OC(F)F)c(OCC3CC3)c2)cc1NC(=O)CN1C[C@@H](C)NC[C@@H]1C. The first-order valence-corrected chi connectivity index (χ1v) is 16.4. The third-order valence-corrected chi connectivity index (χ3v) is 8.92. The molecular formula is C34H38Cl2F2N4O6. The van der Waals surface area contributed by atoms with Crippen LogP contribution in [-0.4, -0.2) is 73.8 Å². The highest BCUT2D eigenvalue weighted by atomic mass is 35.5. The molecule has 1 saturated heterocycles. The van der Waals surface area contributed by atoms with Crippen LogP contribution in [0.5, 0.6) is 17.2 Å². The Morgan fingerprint density at radius 3 is 2.48 bits per heavy atom. The number of aromatic nitrogens is 1. The molecule has 48 heavy (non-hydrogen) atoms. The van der Waals surface area contributed by atoms with Gasteiger partial charge in [0, 0.05) is 44.0 Å². The number of piperazine rings is 1. The fourth-order valence-corrected chi connectivity index (χ4v) is 5.91. The van der Waals surface area contributed by atoms with Crippen LogP contribution in [0.25, 0.3) is 0 Å². The van der Waals surface area contributed by atoms with Gasteiger partial charge in [-0.15, -0.1) is 0 Å². The molecule has 2 aliphatic rings. The summed E-state index contributed by atoms with van der Waals surface area (Å²) in [6, 6.07) is 9.36. The van der Waals surface area contributed by atoms with Crippen molar-refractivity contribution in [3.8, 4) is 17.2 Å². The van der Waals surface area contributed by atoms with Crippen LogP contribution in [0.4, 0.5) is 14.5 Å². The number of carbonyl (C=O) groups is 2. The highest BCUT2D eigenvalue weighted by Gasteiger charge is 2.28. The van der Waals surface area contributed by atoms with Gasteiger partial charge < -0.3 is 29.6 Å². The number of ether oxygens (including phenoxy) is 4. The van der Waals surface area contributed by atoms with Crippen molar-refractivity contribution in [2.24, 2.45) is 5.92 Å². The molecule has 1 saturated carbocycles. The highest BCUT2D eigenvalue weighted by Crippen LogP contribution is 2.38. The number of amides is 1. The number of anilines is 1. The lowest BCUT2D eigenvalue weighted by atomic mass is 10.0. The summed E-state index contributed by atoms with van der Waals surface area (Å²) < 4.78 is 48.5. The van der Waals surface area contributed by atoms with E-state index < -0.39 is 18.7 Å². The number of nitrogens with one attached hydrogen (secondary N) is 2. The molecule has 5 rings (SSSR count). The summed E-state index contributed by atoms with van der Waals surface area (Å²) in [5.41, 5.74) is 1.34. The van der Waals surface area contributed by atoms with E-state index in [-0.39, 0.29) is 58.1 Å². The number of rotatable bonds is 14. The first-order valence-electron chi connectivity index (χ1n) is 15.7. The smallest absolute Gasteiger partial charge is 0.387 e. The zero-order valence-corrected chi connectivity index (χ0v) is 28.3. The molecule has 0 bridgehead atoms. The van der Waals surface area contributed by atoms with Gasteiger partial charge >= 0.3 is 12.6 Å². The quantitative estimate of drug-likeness (QED) is 0.180. The van der Waals surface area contributed by atoms with Crippen molar-refractivity contribution in [3.63, 3.8) is 0 Å². The molecule has 14 heteroatoms. The van der Waals surface area contributed by atoms with Crippen molar-refractivity contribution >= 4 is 40.8 Å². The Bertz CT molecular complexity index is 1590. The van der Waals surface area contributed by atoms with Crippen molar-refractivity contribution in [1.82, 2.24) is 15.2 Å². The van der Waals surface area contributed by atoms with Gasteiger partial charge in [-0.1, -0.05) is 29.3 Å². The number of esters is 1. The second kappa shape index (κ2) is 16.1. The standard InChI is InChI=1S/C34H38Cl2F2N4O6/c1-19-16-42(20(2)13-40-19)17-32(43)41-27-10-23(7-8-28(27)45-3)33(44)47-30(12-24-25(35)14-39-15-26(24)36)22-6-9-29(48-34(37)38)31(11-22)46-18-21-4-5-21/h6-11,14-15,19-21,30,34,40H,4-5,12-13,16-18H2,1-3H3,(H,41,43)/t19-,20+,30+/m1/s1. The molecule has 2 N–H and O–H groups in total. The van der Waals surface area contributed by atoms with Crippen LogP contribution in [0.1, 0.15) is 54.3 Å². The number of hydrogen-bond acceptors (Lipinski definition) is 9. The lowest BCUT2D eigenvalue weighted by molar-refractivity contribution is -0.118. The Labute approximate surface area is 288 Å². The number of hydrogen-bond donors (Lipinski definition) is 2. The fourth-order valence-electron chi connectivity index (χ4n) is 5.39. The molecular weight excluding hydrogens is 669 g/mol. The van der Waals surface area contributed by atoms with Gasteiger partial charge in [0.15, 0.2) is 11.5 Å². The molecule has 0 spiro atoms. The predicted octanol–water partition coefficient (Wildman–Crippen LogP) is 6.55. The summed E-state index contributed by atoms with van der Waals surface area (Å²) in [5, 5.41) is 6.78. The number of pyridine rings is 1. The summed E-state index contributed by atoms with van der Waals surface area (Å²) in [6.45, 7) is 3.04. The van der Waals surface area contributed by atoms with Gasteiger partial charge in [-0.05, 0) is 74.1 Å². The van der Waals surface area contributed by atoms with Crippen LogP contribution < -0.4 is 24.8 Å². The van der Waals surface area contributed by atoms with E-state index >= 15 is 0 Å². The predicted molar refractivity (Wildman–Crippen MR) is 178 cm³/mol. The Hall–Kier alpha value is -3.71. The topological polar surface area (TPSA) is 111 Å². The molecule has 2 aromatic carbocycles. The third-order valence-electron chi connectivity index (χ3n) is 8.27. The highest BCUT2D eigenvalue weighted by molar-refractivity contribution is 6.35. The zero-order chi connectivity index (χ0) is 34.4. The van der Waals surface area contributed by atoms with E-state index in [1.165, 1.54) is 49.8 Å². The van der Waals surface area contributed by atoms with Gasteiger partial charge in [-0.2, -0.15) is 8.78 Å². The zero-order valence-electron chi connectivity index (χ0n) is 26.8. The summed E-state index contributed by atoms with van der Waals surface area (Å²) in [4.78, 5) is 32.9. The Kier molecular flexibility index (Phi) is 12.0. The van der Waals surface area contributed by atoms with E-state index in [1.807, 2.05) is 6.92 Å². The van der Waals surface area contributed by atoms with Crippen LogP contribution in [-0.2, 0) is 16.0 Å². The van der Waals surface area contributed by atoms with Crippen LogP contribution >= 0.6 is 23.2 Å². The van der Waals surface area contributed by atoms with Crippen LogP contribution in [0.15, 0.2) is 48.8 Å². The first-order chi connectivity index (χ1) is 23.0. The largest absolute Gasteiger partial charge is 0.495 e. The van der Waals surface area contributed by atoms with Crippen molar-refractivity contribution < 1.29 is 37.3 Å². The van der Waals surface area contributed by atoms with Gasteiger partial charge in [-0.25, -0.2) is 4.79 Å². The van der Waals surface area contributed by atoms with E-state index in [1.54, 1.807) is 6.07 Å². The van der Waals surface area contributed by atoms with Crippen molar-refractivity contribution in [2.45, 2.75) is 57.9 Å². The van der Waals surface area contributed by atoms with E-state index in [4.69, 9.17) is 42.1 Å². The summed E-state index contributed by atoms with van der Waals surface area (Å²) >= 11 is 12.9. The third kappa shape index (κ3) is 9.46. The Balaban J connectivity index is 1.40. The lowest BCUT2D eigenvalue weighted by Gasteiger charge is -2.36. The van der Waals surface area contributed by atoms with Gasteiger partial charge in [0.1, 0.15) is 11.9 Å². The molecule has 0 radical (unpaired) electrons. The Morgan fingerprint density at radius 2 is 1.79 bits per heavy atom. The van der Waals surface area contributed by atoms with Crippen LogP contribution in [0.3, 0.4) is 0 Å². The molecule has 2 fully saturated rings. The van der Waals surface area contributed by atoms with Crippen LogP contribution in [0, 0.1) is 5.92 Å². The number of carbonyl (C=O) groups excluding carboxylic acids is 2. The number of benzene rings is 2. The van der Waals surface area contributed by atoms with Crippen LogP contribution in [0.2, 0.25) is 10.0 Å². The molecule has 3 aromatic rings. The minimum Gasteiger partial charge on any atom is -0.495 e. The number of alkyl halides is 2.